The highest BCUT2D eigenvalue weighted by Crippen LogP contribution is 2.32. The second-order valence-corrected chi connectivity index (χ2v) is 9.09. The van der Waals surface area contributed by atoms with E-state index in [9.17, 15) is 9.59 Å². The van der Waals surface area contributed by atoms with E-state index in [2.05, 4.69) is 15.6 Å². The lowest BCUT2D eigenvalue weighted by Gasteiger charge is -2.33. The van der Waals surface area contributed by atoms with Crippen LogP contribution in [-0.4, -0.2) is 46.1 Å². The fourth-order valence-electron chi connectivity index (χ4n) is 4.70. The van der Waals surface area contributed by atoms with Crippen LogP contribution < -0.4 is 10.2 Å². The van der Waals surface area contributed by atoms with Crippen molar-refractivity contribution < 1.29 is 18.7 Å². The molecule has 0 saturated carbocycles. The van der Waals surface area contributed by atoms with Crippen molar-refractivity contribution in [1.82, 2.24) is 20.3 Å². The molecule has 2 amide bonds. The van der Waals surface area contributed by atoms with Crippen molar-refractivity contribution >= 4 is 28.5 Å². The Morgan fingerprint density at radius 2 is 1.86 bits per heavy atom. The molecule has 0 aliphatic carbocycles. The molecule has 37 heavy (non-hydrogen) atoms. The fourth-order valence-corrected chi connectivity index (χ4v) is 4.70. The molecule has 1 aromatic heterocycles. The number of para-hydroxylation sites is 2. The minimum Gasteiger partial charge on any atom is -0.376 e. The number of halogens is 1. The van der Waals surface area contributed by atoms with Crippen LogP contribution in [0.15, 0.2) is 72.8 Å². The number of rotatable bonds is 8. The first-order valence-electron chi connectivity index (χ1n) is 12.3. The van der Waals surface area contributed by atoms with E-state index in [4.69, 9.17) is 4.74 Å². The molecule has 9 heteroatoms. The van der Waals surface area contributed by atoms with Crippen LogP contribution in [-0.2, 0) is 20.9 Å². The van der Waals surface area contributed by atoms with Crippen LogP contribution in [0.1, 0.15) is 30.0 Å². The van der Waals surface area contributed by atoms with Gasteiger partial charge < -0.3 is 10.1 Å². The fraction of sp³-hybridized carbons (Fsp3) is 0.286. The van der Waals surface area contributed by atoms with Gasteiger partial charge in [0, 0.05) is 24.4 Å². The number of carbonyl (C=O) groups excluding carboxylic acids is 2. The van der Waals surface area contributed by atoms with Crippen molar-refractivity contribution in [3.63, 3.8) is 0 Å². The molecule has 8 nitrogen and oxygen atoms in total. The highest BCUT2D eigenvalue weighted by atomic mass is 19.1. The largest absolute Gasteiger partial charge is 0.376 e. The number of nitrogens with zero attached hydrogens (tertiary/aromatic N) is 4. The van der Waals surface area contributed by atoms with Crippen LogP contribution in [0.4, 0.5) is 10.1 Å². The van der Waals surface area contributed by atoms with E-state index in [1.54, 1.807) is 24.3 Å². The van der Waals surface area contributed by atoms with Crippen LogP contribution in [0, 0.1) is 12.7 Å². The van der Waals surface area contributed by atoms with Gasteiger partial charge in [-0.05, 0) is 49.6 Å². The van der Waals surface area contributed by atoms with Crippen molar-refractivity contribution in [3.8, 4) is 0 Å². The van der Waals surface area contributed by atoms with Gasteiger partial charge in [-0.3, -0.25) is 14.5 Å². The van der Waals surface area contributed by atoms with E-state index in [1.807, 2.05) is 43.3 Å². The number of ether oxygens (including phenoxy) is 1. The third kappa shape index (κ3) is 5.22. The molecule has 1 saturated heterocycles. The van der Waals surface area contributed by atoms with Gasteiger partial charge >= 0.3 is 0 Å². The number of benzene rings is 3. The lowest BCUT2D eigenvalue weighted by Crippen LogP contribution is -2.47. The number of aryl methyl sites for hydroxylation is 1. The van der Waals surface area contributed by atoms with Gasteiger partial charge in [-0.25, -0.2) is 9.07 Å². The van der Waals surface area contributed by atoms with Crippen molar-refractivity contribution in [1.29, 1.82) is 0 Å². The number of hydrogen-bond acceptors (Lipinski definition) is 5. The summed E-state index contributed by atoms with van der Waals surface area (Å²) in [5, 5.41) is 11.2. The monoisotopic (exact) mass is 501 g/mol. The summed E-state index contributed by atoms with van der Waals surface area (Å²) < 4.78 is 22.3. The third-order valence-corrected chi connectivity index (χ3v) is 6.58. The van der Waals surface area contributed by atoms with Crippen LogP contribution in [0.5, 0.6) is 0 Å². The maximum Gasteiger partial charge on any atom is 0.249 e. The van der Waals surface area contributed by atoms with Gasteiger partial charge in [-0.15, -0.1) is 5.10 Å². The van der Waals surface area contributed by atoms with E-state index in [0.29, 0.717) is 23.3 Å². The molecule has 0 bridgehead atoms. The Bertz CT molecular complexity index is 1420. The summed E-state index contributed by atoms with van der Waals surface area (Å²) in [5.41, 5.74) is 2.72. The topological polar surface area (TPSA) is 89.4 Å². The van der Waals surface area contributed by atoms with Crippen LogP contribution in [0.3, 0.4) is 0 Å². The van der Waals surface area contributed by atoms with Gasteiger partial charge in [0.15, 0.2) is 0 Å². The molecule has 2 unspecified atom stereocenters. The molecule has 2 heterocycles. The Morgan fingerprint density at radius 1 is 1.11 bits per heavy atom. The van der Waals surface area contributed by atoms with Crippen LogP contribution >= 0.6 is 0 Å². The number of amides is 2. The average Bonchev–Trinajstić information content (AvgIpc) is 3.57. The predicted octanol–water partition coefficient (Wildman–Crippen LogP) is 3.95. The number of anilines is 1. The van der Waals surface area contributed by atoms with Crippen LogP contribution in [0.25, 0.3) is 11.0 Å². The molecule has 1 fully saturated rings. The minimum atomic E-state index is -1.24. The summed E-state index contributed by atoms with van der Waals surface area (Å²) in [7, 11) is 0. The summed E-state index contributed by atoms with van der Waals surface area (Å²) in [6.45, 7) is 2.60. The molecule has 1 aliphatic heterocycles. The number of carbonyl (C=O) groups is 2. The molecular formula is C28H28FN5O3. The standard InChI is InChI=1S/C28H28FN5O3/c1-19-9-2-6-14-24(19)34(26(35)18-33-25-15-7-5-13-23(25)31-32-33)27(21-11-3-4-12-22(21)29)28(36)30-17-20-10-8-16-37-20/h2-7,9,11-15,20,27H,8,10,16-18H2,1H3,(H,30,36). The Labute approximate surface area is 214 Å². The Morgan fingerprint density at radius 3 is 2.65 bits per heavy atom. The van der Waals surface area contributed by atoms with Gasteiger partial charge in [0.05, 0.1) is 11.6 Å². The van der Waals surface area contributed by atoms with Gasteiger partial charge in [-0.2, -0.15) is 0 Å². The lowest BCUT2D eigenvalue weighted by atomic mass is 10.0. The highest BCUT2D eigenvalue weighted by Gasteiger charge is 2.36. The Hall–Kier alpha value is -4.11. The van der Waals surface area contributed by atoms with E-state index in [-0.39, 0.29) is 24.8 Å². The van der Waals surface area contributed by atoms with Crippen molar-refractivity contribution in [2.75, 3.05) is 18.1 Å². The van der Waals surface area contributed by atoms with E-state index < -0.39 is 23.7 Å². The summed E-state index contributed by atoms with van der Waals surface area (Å²) in [5.74, 6) is -1.48. The Kier molecular flexibility index (Phi) is 7.23. The zero-order valence-electron chi connectivity index (χ0n) is 20.5. The lowest BCUT2D eigenvalue weighted by molar-refractivity contribution is -0.127. The molecule has 1 aliphatic rings. The SMILES string of the molecule is Cc1ccccc1N(C(=O)Cn1nnc2ccccc21)C(C(=O)NCC1CCCO1)c1ccccc1F. The minimum absolute atomic E-state index is 0.102. The molecule has 3 aromatic carbocycles. The highest BCUT2D eigenvalue weighted by molar-refractivity contribution is 6.02. The zero-order valence-corrected chi connectivity index (χ0v) is 20.5. The van der Waals surface area contributed by atoms with E-state index in [0.717, 1.165) is 18.4 Å². The van der Waals surface area contributed by atoms with E-state index >= 15 is 4.39 Å². The summed E-state index contributed by atoms with van der Waals surface area (Å²) >= 11 is 0. The molecule has 1 N–H and O–H groups in total. The predicted molar refractivity (Wildman–Crippen MR) is 137 cm³/mol. The van der Waals surface area contributed by atoms with Gasteiger partial charge in [-0.1, -0.05) is 53.7 Å². The second-order valence-electron chi connectivity index (χ2n) is 9.09. The maximum atomic E-state index is 15.2. The van der Waals surface area contributed by atoms with Gasteiger partial charge in [0.1, 0.15) is 23.9 Å². The van der Waals surface area contributed by atoms with Gasteiger partial charge in [0.2, 0.25) is 11.8 Å². The first-order chi connectivity index (χ1) is 18.0. The Balaban J connectivity index is 1.56. The normalized spacial score (nSPS) is 16.0. The number of aromatic nitrogens is 3. The van der Waals surface area contributed by atoms with Crippen molar-refractivity contribution in [2.24, 2.45) is 0 Å². The molecule has 0 radical (unpaired) electrons. The molecular weight excluding hydrogens is 473 g/mol. The smallest absolute Gasteiger partial charge is 0.249 e. The third-order valence-electron chi connectivity index (χ3n) is 6.58. The summed E-state index contributed by atoms with van der Waals surface area (Å²) in [6.07, 6.45) is 1.66. The van der Waals surface area contributed by atoms with E-state index in [1.165, 1.54) is 21.7 Å². The molecule has 4 aromatic rings. The number of fused-ring (bicyclic) bond motifs is 1. The summed E-state index contributed by atoms with van der Waals surface area (Å²) in [6, 6.07) is 19.4. The van der Waals surface area contributed by atoms with Crippen molar-refractivity contribution in [2.45, 2.75) is 38.5 Å². The number of nitrogens with one attached hydrogen (secondary N) is 1. The van der Waals surface area contributed by atoms with Crippen LogP contribution in [0.2, 0.25) is 0 Å². The molecule has 5 rings (SSSR count). The quantitative estimate of drug-likeness (QED) is 0.395. The van der Waals surface area contributed by atoms with Crippen molar-refractivity contribution in [3.05, 3.63) is 89.7 Å². The zero-order chi connectivity index (χ0) is 25.8. The summed E-state index contributed by atoms with van der Waals surface area (Å²) in [4.78, 5) is 29.1. The maximum absolute atomic E-state index is 15.2. The molecule has 2 atom stereocenters. The number of hydrogen-bond donors (Lipinski definition) is 1. The van der Waals surface area contributed by atoms with Gasteiger partial charge in [0.25, 0.3) is 0 Å². The second kappa shape index (κ2) is 10.9. The molecule has 190 valence electrons. The first-order valence-corrected chi connectivity index (χ1v) is 12.3. The first kappa shape index (κ1) is 24.6. The average molecular weight is 502 g/mol. The molecule has 0 spiro atoms.